The normalized spacial score (nSPS) is 17.3. The minimum absolute atomic E-state index is 0.0844. The summed E-state index contributed by atoms with van der Waals surface area (Å²) >= 11 is 0. The Morgan fingerprint density at radius 3 is 2.72 bits per heavy atom. The molecule has 1 unspecified atom stereocenters. The molecule has 7 heteroatoms. The maximum absolute atomic E-state index is 11.8. The summed E-state index contributed by atoms with van der Waals surface area (Å²) in [5, 5.41) is 13.1. The standard InChI is InChI=1S/C11H8N2O5/c14-10-6-5-9(18-10)12-11(15)7-3-1-2-4-8(7)13(16)17/h1-6,9H,(H,12,15). The quantitative estimate of drug-likeness (QED) is 0.483. The van der Waals surface area contributed by atoms with Crippen molar-refractivity contribution in [2.75, 3.05) is 0 Å². The average Bonchev–Trinajstić information content (AvgIpc) is 2.74. The third-order valence-corrected chi connectivity index (χ3v) is 2.27. The molecule has 18 heavy (non-hydrogen) atoms. The first-order valence-corrected chi connectivity index (χ1v) is 5.01. The zero-order chi connectivity index (χ0) is 13.1. The van der Waals surface area contributed by atoms with Gasteiger partial charge in [-0.15, -0.1) is 0 Å². The van der Waals surface area contributed by atoms with Gasteiger partial charge in [-0.25, -0.2) is 4.79 Å². The van der Waals surface area contributed by atoms with Crippen LogP contribution in [-0.4, -0.2) is 23.0 Å². The summed E-state index contributed by atoms with van der Waals surface area (Å²) < 4.78 is 4.70. The number of nitro groups is 1. The van der Waals surface area contributed by atoms with Gasteiger partial charge >= 0.3 is 5.97 Å². The van der Waals surface area contributed by atoms with Crippen molar-refractivity contribution in [1.29, 1.82) is 0 Å². The van der Waals surface area contributed by atoms with E-state index in [1.807, 2.05) is 0 Å². The highest BCUT2D eigenvalue weighted by molar-refractivity contribution is 5.98. The molecule has 0 radical (unpaired) electrons. The number of nitro benzene ring substituents is 1. The zero-order valence-corrected chi connectivity index (χ0v) is 9.03. The molecule has 1 heterocycles. The van der Waals surface area contributed by atoms with E-state index in [0.717, 1.165) is 0 Å². The van der Waals surface area contributed by atoms with Crippen molar-refractivity contribution >= 4 is 17.6 Å². The van der Waals surface area contributed by atoms with E-state index < -0.39 is 23.0 Å². The molecule has 1 amide bonds. The van der Waals surface area contributed by atoms with Crippen LogP contribution in [0.25, 0.3) is 0 Å². The maximum Gasteiger partial charge on any atom is 0.332 e. The molecule has 0 aliphatic carbocycles. The van der Waals surface area contributed by atoms with Crippen LogP contribution < -0.4 is 5.32 Å². The van der Waals surface area contributed by atoms with Crippen molar-refractivity contribution in [1.82, 2.24) is 5.32 Å². The second kappa shape index (κ2) is 4.66. The van der Waals surface area contributed by atoms with Crippen LogP contribution in [0.5, 0.6) is 0 Å². The molecule has 0 saturated carbocycles. The minimum Gasteiger partial charge on any atom is -0.435 e. The first kappa shape index (κ1) is 11.8. The Morgan fingerprint density at radius 1 is 1.39 bits per heavy atom. The number of amides is 1. The number of benzene rings is 1. The van der Waals surface area contributed by atoms with Gasteiger partial charge in [-0.2, -0.15) is 0 Å². The highest BCUT2D eigenvalue weighted by atomic mass is 16.6. The van der Waals surface area contributed by atoms with E-state index in [9.17, 15) is 19.7 Å². The number of ether oxygens (including phenoxy) is 1. The van der Waals surface area contributed by atoms with Crippen LogP contribution in [0.15, 0.2) is 36.4 Å². The molecule has 0 bridgehead atoms. The molecule has 1 aromatic carbocycles. The smallest absolute Gasteiger partial charge is 0.332 e. The van der Waals surface area contributed by atoms with Gasteiger partial charge in [-0.3, -0.25) is 14.9 Å². The van der Waals surface area contributed by atoms with Gasteiger partial charge in [0.2, 0.25) is 0 Å². The number of rotatable bonds is 3. The number of nitrogens with one attached hydrogen (secondary N) is 1. The number of hydrogen-bond acceptors (Lipinski definition) is 5. The van der Waals surface area contributed by atoms with Crippen molar-refractivity contribution in [3.63, 3.8) is 0 Å². The second-order valence-corrected chi connectivity index (χ2v) is 3.46. The van der Waals surface area contributed by atoms with Crippen LogP contribution in [0.2, 0.25) is 0 Å². The van der Waals surface area contributed by atoms with Crippen LogP contribution in [0.3, 0.4) is 0 Å². The van der Waals surface area contributed by atoms with E-state index in [2.05, 4.69) is 5.32 Å². The van der Waals surface area contributed by atoms with Gasteiger partial charge in [0.1, 0.15) is 5.56 Å². The Balaban J connectivity index is 2.17. The second-order valence-electron chi connectivity index (χ2n) is 3.46. The molecular weight excluding hydrogens is 240 g/mol. The molecule has 1 aliphatic heterocycles. The molecule has 7 nitrogen and oxygen atoms in total. The van der Waals surface area contributed by atoms with E-state index in [-0.39, 0.29) is 11.3 Å². The van der Waals surface area contributed by atoms with Crippen LogP contribution in [0.1, 0.15) is 10.4 Å². The fraction of sp³-hybridized carbons (Fsp3) is 0.0909. The first-order valence-electron chi connectivity index (χ1n) is 5.01. The molecule has 0 spiro atoms. The van der Waals surface area contributed by atoms with E-state index in [1.165, 1.54) is 36.4 Å². The summed E-state index contributed by atoms with van der Waals surface area (Å²) in [6.07, 6.45) is 1.64. The Morgan fingerprint density at radius 2 is 2.11 bits per heavy atom. The van der Waals surface area contributed by atoms with Crippen molar-refractivity contribution in [3.05, 3.63) is 52.1 Å². The minimum atomic E-state index is -0.884. The van der Waals surface area contributed by atoms with Gasteiger partial charge in [0.25, 0.3) is 11.6 Å². The Bertz CT molecular complexity index is 552. The Kier molecular flexibility index (Phi) is 3.05. The number of esters is 1. The number of nitrogens with zero attached hydrogens (tertiary/aromatic N) is 1. The summed E-state index contributed by atoms with van der Waals surface area (Å²) in [6, 6.07) is 5.53. The number of carbonyl (C=O) groups is 2. The predicted molar refractivity (Wildman–Crippen MR) is 59.6 cm³/mol. The predicted octanol–water partition coefficient (Wildman–Crippen LogP) is 0.764. The number of para-hydroxylation sites is 1. The van der Waals surface area contributed by atoms with E-state index in [0.29, 0.717) is 0 Å². The SMILES string of the molecule is O=C1C=CC(NC(=O)c2ccccc2[N+](=O)[O-])O1. The van der Waals surface area contributed by atoms with E-state index in [1.54, 1.807) is 0 Å². The summed E-state index contributed by atoms with van der Waals surface area (Å²) in [5.41, 5.74) is -0.387. The van der Waals surface area contributed by atoms with Crippen molar-refractivity contribution in [2.45, 2.75) is 6.23 Å². The molecule has 0 aromatic heterocycles. The Labute approximate surface area is 101 Å². The molecule has 1 aromatic rings. The molecular formula is C11H8N2O5. The zero-order valence-electron chi connectivity index (χ0n) is 9.03. The van der Waals surface area contributed by atoms with Gasteiger partial charge in [-0.05, 0) is 12.1 Å². The van der Waals surface area contributed by atoms with Gasteiger partial charge < -0.3 is 10.1 Å². The lowest BCUT2D eigenvalue weighted by Crippen LogP contribution is -2.34. The lowest BCUT2D eigenvalue weighted by atomic mass is 10.1. The van der Waals surface area contributed by atoms with Crippen molar-refractivity contribution < 1.29 is 19.2 Å². The van der Waals surface area contributed by atoms with Gasteiger partial charge in [0, 0.05) is 12.1 Å². The van der Waals surface area contributed by atoms with Crippen molar-refractivity contribution in [2.24, 2.45) is 0 Å². The highest BCUT2D eigenvalue weighted by Crippen LogP contribution is 2.17. The number of hydrogen-bond donors (Lipinski definition) is 1. The number of carbonyl (C=O) groups excluding carboxylic acids is 2. The Hall–Kier alpha value is -2.70. The van der Waals surface area contributed by atoms with Crippen LogP contribution >= 0.6 is 0 Å². The van der Waals surface area contributed by atoms with Crippen LogP contribution in [0, 0.1) is 10.1 Å². The monoisotopic (exact) mass is 248 g/mol. The fourth-order valence-electron chi connectivity index (χ4n) is 1.48. The maximum atomic E-state index is 11.8. The van der Waals surface area contributed by atoms with Gasteiger partial charge in [0.05, 0.1) is 4.92 Å². The first-order chi connectivity index (χ1) is 8.58. The van der Waals surface area contributed by atoms with Crippen molar-refractivity contribution in [3.8, 4) is 0 Å². The number of cyclic esters (lactones) is 1. The molecule has 0 fully saturated rings. The molecule has 92 valence electrons. The van der Waals surface area contributed by atoms with E-state index in [4.69, 9.17) is 4.74 Å². The molecule has 0 saturated heterocycles. The van der Waals surface area contributed by atoms with Crippen LogP contribution in [0.4, 0.5) is 5.69 Å². The molecule has 2 rings (SSSR count). The fourth-order valence-corrected chi connectivity index (χ4v) is 1.48. The van der Waals surface area contributed by atoms with E-state index >= 15 is 0 Å². The van der Waals surface area contributed by atoms with Gasteiger partial charge in [-0.1, -0.05) is 12.1 Å². The summed E-state index contributed by atoms with van der Waals surface area (Å²) in [6.45, 7) is 0. The molecule has 1 aliphatic rings. The third-order valence-electron chi connectivity index (χ3n) is 2.27. The highest BCUT2D eigenvalue weighted by Gasteiger charge is 2.23. The van der Waals surface area contributed by atoms with Gasteiger partial charge in [0.15, 0.2) is 6.23 Å². The largest absolute Gasteiger partial charge is 0.435 e. The molecule has 1 atom stereocenters. The molecule has 1 N–H and O–H groups in total. The van der Waals surface area contributed by atoms with Crippen LogP contribution in [-0.2, 0) is 9.53 Å². The topological polar surface area (TPSA) is 98.5 Å². The summed E-state index contributed by atoms with van der Waals surface area (Å²) in [5.74, 6) is -1.24. The average molecular weight is 248 g/mol. The lowest BCUT2D eigenvalue weighted by molar-refractivity contribution is -0.385. The lowest BCUT2D eigenvalue weighted by Gasteiger charge is -2.10. The summed E-state index contributed by atoms with van der Waals surface area (Å²) in [4.78, 5) is 32.7. The third kappa shape index (κ3) is 2.34. The summed E-state index contributed by atoms with van der Waals surface area (Å²) in [7, 11) is 0.